The van der Waals surface area contributed by atoms with Gasteiger partial charge in [-0.2, -0.15) is 0 Å². The van der Waals surface area contributed by atoms with Crippen molar-refractivity contribution in [3.63, 3.8) is 0 Å². The molecule has 0 spiro atoms. The highest BCUT2D eigenvalue weighted by atomic mass is 16.1. The fourth-order valence-corrected chi connectivity index (χ4v) is 0.753. The van der Waals surface area contributed by atoms with Crippen molar-refractivity contribution in [1.82, 2.24) is 10.3 Å². The number of hydrogen-bond acceptors (Lipinski definition) is 2. The maximum absolute atomic E-state index is 11.1. The van der Waals surface area contributed by atoms with Gasteiger partial charge in [-0.1, -0.05) is 0 Å². The Labute approximate surface area is 64.8 Å². The molecular weight excluding hydrogens is 142 g/mol. The molecule has 4 heteroatoms. The first-order valence-corrected chi connectivity index (χ1v) is 3.45. The minimum Gasteiger partial charge on any atom is -0.367 e. The first-order chi connectivity index (χ1) is 5.34. The molecule has 1 heterocycles. The van der Waals surface area contributed by atoms with E-state index in [1.165, 1.54) is 0 Å². The molecular formula is C7H11N3O. The summed E-state index contributed by atoms with van der Waals surface area (Å²) in [6, 6.07) is 1.71. The van der Waals surface area contributed by atoms with E-state index in [1.54, 1.807) is 18.5 Å². The molecule has 1 aromatic rings. The normalized spacial score (nSPS) is 9.55. The van der Waals surface area contributed by atoms with Crippen LogP contribution in [-0.4, -0.2) is 24.0 Å². The summed E-state index contributed by atoms with van der Waals surface area (Å²) < 4.78 is 0. The van der Waals surface area contributed by atoms with Crippen molar-refractivity contribution in [3.05, 3.63) is 24.0 Å². The number of nitrogens with one attached hydrogen (secondary N) is 2. The third kappa shape index (κ3) is 2.09. The lowest BCUT2D eigenvalue weighted by Gasteiger charge is -1.98. The van der Waals surface area contributed by atoms with E-state index in [4.69, 9.17) is 5.73 Å². The molecule has 4 nitrogen and oxygen atoms in total. The van der Waals surface area contributed by atoms with Crippen molar-refractivity contribution in [2.75, 3.05) is 13.1 Å². The molecule has 0 saturated heterocycles. The average molecular weight is 153 g/mol. The molecule has 11 heavy (non-hydrogen) atoms. The Balaban J connectivity index is 2.43. The predicted octanol–water partition coefficient (Wildman–Crippen LogP) is -0.297. The van der Waals surface area contributed by atoms with E-state index in [0.29, 0.717) is 18.7 Å². The van der Waals surface area contributed by atoms with Gasteiger partial charge < -0.3 is 16.0 Å². The van der Waals surface area contributed by atoms with Gasteiger partial charge in [-0.3, -0.25) is 4.79 Å². The van der Waals surface area contributed by atoms with E-state index in [0.717, 1.165) is 0 Å². The van der Waals surface area contributed by atoms with Crippen LogP contribution in [0.2, 0.25) is 0 Å². The van der Waals surface area contributed by atoms with Gasteiger partial charge in [-0.25, -0.2) is 0 Å². The quantitative estimate of drug-likeness (QED) is 0.558. The number of aromatic nitrogens is 1. The smallest absolute Gasteiger partial charge is 0.252 e. The number of rotatable bonds is 3. The molecule has 0 saturated carbocycles. The van der Waals surface area contributed by atoms with Crippen LogP contribution >= 0.6 is 0 Å². The Kier molecular flexibility index (Phi) is 2.68. The monoisotopic (exact) mass is 153 g/mol. The number of amides is 1. The van der Waals surface area contributed by atoms with E-state index in [1.807, 2.05) is 0 Å². The maximum atomic E-state index is 11.1. The van der Waals surface area contributed by atoms with Crippen LogP contribution in [0, 0.1) is 0 Å². The average Bonchev–Trinajstić information content (AvgIpc) is 2.52. The van der Waals surface area contributed by atoms with Gasteiger partial charge in [0.25, 0.3) is 5.91 Å². The molecule has 0 aliphatic carbocycles. The van der Waals surface area contributed by atoms with E-state index >= 15 is 0 Å². The molecule has 1 rings (SSSR count). The van der Waals surface area contributed by atoms with Crippen LogP contribution in [-0.2, 0) is 0 Å². The lowest BCUT2D eigenvalue weighted by atomic mass is 10.3. The van der Waals surface area contributed by atoms with Crippen LogP contribution in [0.15, 0.2) is 18.5 Å². The zero-order valence-electron chi connectivity index (χ0n) is 6.13. The standard InChI is InChI=1S/C7H11N3O/c8-2-4-10-7(11)6-1-3-9-5-6/h1,3,5,9H,2,4,8H2,(H,10,11). The summed E-state index contributed by atoms with van der Waals surface area (Å²) in [6.45, 7) is 0.986. The number of carbonyl (C=O) groups is 1. The zero-order valence-corrected chi connectivity index (χ0v) is 6.13. The molecule has 0 aliphatic rings. The Hall–Kier alpha value is -1.29. The number of H-pyrrole nitrogens is 1. The highest BCUT2D eigenvalue weighted by molar-refractivity contribution is 5.93. The van der Waals surface area contributed by atoms with Crippen molar-refractivity contribution in [3.8, 4) is 0 Å². The Morgan fingerprint density at radius 2 is 2.55 bits per heavy atom. The molecule has 0 atom stereocenters. The largest absolute Gasteiger partial charge is 0.367 e. The van der Waals surface area contributed by atoms with Crippen LogP contribution in [0.3, 0.4) is 0 Å². The van der Waals surface area contributed by atoms with Crippen molar-refractivity contribution in [2.45, 2.75) is 0 Å². The molecule has 4 N–H and O–H groups in total. The fraction of sp³-hybridized carbons (Fsp3) is 0.286. The number of carbonyl (C=O) groups excluding carboxylic acids is 1. The van der Waals surface area contributed by atoms with E-state index in [2.05, 4.69) is 10.3 Å². The number of hydrogen-bond donors (Lipinski definition) is 3. The van der Waals surface area contributed by atoms with Crippen LogP contribution in [0.1, 0.15) is 10.4 Å². The highest BCUT2D eigenvalue weighted by Crippen LogP contribution is 1.94. The summed E-state index contributed by atoms with van der Waals surface area (Å²) in [5.41, 5.74) is 5.85. The van der Waals surface area contributed by atoms with Gasteiger partial charge in [0.05, 0.1) is 5.56 Å². The van der Waals surface area contributed by atoms with E-state index < -0.39 is 0 Å². The molecule has 0 radical (unpaired) electrons. The summed E-state index contributed by atoms with van der Waals surface area (Å²) in [4.78, 5) is 13.9. The molecule has 0 unspecified atom stereocenters. The highest BCUT2D eigenvalue weighted by Gasteiger charge is 2.02. The molecule has 60 valence electrons. The minimum atomic E-state index is -0.0864. The first-order valence-electron chi connectivity index (χ1n) is 3.45. The first kappa shape index (κ1) is 7.81. The summed E-state index contributed by atoms with van der Waals surface area (Å²) >= 11 is 0. The third-order valence-electron chi connectivity index (χ3n) is 1.29. The zero-order chi connectivity index (χ0) is 8.10. The molecule has 1 aromatic heterocycles. The number of aromatic amines is 1. The van der Waals surface area contributed by atoms with Gasteiger partial charge in [0, 0.05) is 25.5 Å². The van der Waals surface area contributed by atoms with E-state index in [-0.39, 0.29) is 5.91 Å². The molecule has 0 fully saturated rings. The Morgan fingerprint density at radius 3 is 3.09 bits per heavy atom. The van der Waals surface area contributed by atoms with Gasteiger partial charge in [0.1, 0.15) is 0 Å². The van der Waals surface area contributed by atoms with Crippen LogP contribution in [0.4, 0.5) is 0 Å². The van der Waals surface area contributed by atoms with Crippen LogP contribution < -0.4 is 11.1 Å². The van der Waals surface area contributed by atoms with Crippen LogP contribution in [0.5, 0.6) is 0 Å². The topological polar surface area (TPSA) is 70.9 Å². The second-order valence-corrected chi connectivity index (χ2v) is 2.14. The molecule has 0 aromatic carbocycles. The molecule has 0 bridgehead atoms. The Bertz CT molecular complexity index is 218. The lowest BCUT2D eigenvalue weighted by Crippen LogP contribution is -2.28. The van der Waals surface area contributed by atoms with Crippen molar-refractivity contribution in [1.29, 1.82) is 0 Å². The summed E-state index contributed by atoms with van der Waals surface area (Å²) in [6.07, 6.45) is 3.35. The van der Waals surface area contributed by atoms with Crippen molar-refractivity contribution in [2.24, 2.45) is 5.73 Å². The summed E-state index contributed by atoms with van der Waals surface area (Å²) in [5, 5.41) is 2.65. The summed E-state index contributed by atoms with van der Waals surface area (Å²) in [5.74, 6) is -0.0864. The maximum Gasteiger partial charge on any atom is 0.252 e. The SMILES string of the molecule is NCCNC(=O)c1cc[nH]c1. The van der Waals surface area contributed by atoms with Crippen LogP contribution in [0.25, 0.3) is 0 Å². The van der Waals surface area contributed by atoms with Gasteiger partial charge in [-0.15, -0.1) is 0 Å². The van der Waals surface area contributed by atoms with Gasteiger partial charge >= 0.3 is 0 Å². The summed E-state index contributed by atoms with van der Waals surface area (Å²) in [7, 11) is 0. The lowest BCUT2D eigenvalue weighted by molar-refractivity contribution is 0.0955. The van der Waals surface area contributed by atoms with Crippen molar-refractivity contribution < 1.29 is 4.79 Å². The predicted molar refractivity (Wildman–Crippen MR) is 42.2 cm³/mol. The van der Waals surface area contributed by atoms with E-state index in [9.17, 15) is 4.79 Å². The fourth-order valence-electron chi connectivity index (χ4n) is 0.753. The second-order valence-electron chi connectivity index (χ2n) is 2.14. The van der Waals surface area contributed by atoms with Gasteiger partial charge in [0.15, 0.2) is 0 Å². The molecule has 0 aliphatic heterocycles. The van der Waals surface area contributed by atoms with Gasteiger partial charge in [-0.05, 0) is 6.07 Å². The van der Waals surface area contributed by atoms with Crippen molar-refractivity contribution >= 4 is 5.91 Å². The number of nitrogens with two attached hydrogens (primary N) is 1. The van der Waals surface area contributed by atoms with Gasteiger partial charge in [0.2, 0.25) is 0 Å². The third-order valence-corrected chi connectivity index (χ3v) is 1.29. The second kappa shape index (κ2) is 3.78. The minimum absolute atomic E-state index is 0.0864. The molecule has 1 amide bonds. The Morgan fingerprint density at radius 1 is 1.73 bits per heavy atom.